The van der Waals surface area contributed by atoms with E-state index >= 15 is 0 Å². The number of benzene rings is 2. The van der Waals surface area contributed by atoms with E-state index in [9.17, 15) is 4.39 Å². The zero-order valence-electron chi connectivity index (χ0n) is 15.4. The van der Waals surface area contributed by atoms with E-state index in [2.05, 4.69) is 17.3 Å². The smallest absolute Gasteiger partial charge is 0.131 e. The van der Waals surface area contributed by atoms with Crippen LogP contribution in [0.2, 0.25) is 0 Å². The summed E-state index contributed by atoms with van der Waals surface area (Å²) in [5.74, 6) is -0.173. The highest BCUT2D eigenvalue weighted by atomic mass is 19.1. The van der Waals surface area contributed by atoms with Crippen LogP contribution in [-0.4, -0.2) is 22.4 Å². The number of nitrogens with zero attached hydrogens (tertiary/aromatic N) is 2. The van der Waals surface area contributed by atoms with Gasteiger partial charge in [0.15, 0.2) is 0 Å². The zero-order chi connectivity index (χ0) is 18.3. The Balaban J connectivity index is 1.57. The van der Waals surface area contributed by atoms with E-state index in [0.29, 0.717) is 11.9 Å². The molecule has 1 aromatic heterocycles. The fourth-order valence-corrected chi connectivity index (χ4v) is 4.00. The first-order valence-corrected chi connectivity index (χ1v) is 9.07. The first kappa shape index (κ1) is 17.2. The largest absolute Gasteiger partial charge is 0.372 e. The summed E-state index contributed by atoms with van der Waals surface area (Å²) < 4.78 is 22.0. The van der Waals surface area contributed by atoms with Crippen molar-refractivity contribution in [2.24, 2.45) is 7.05 Å². The Kier molecular flexibility index (Phi) is 4.51. The molecule has 1 aliphatic rings. The van der Waals surface area contributed by atoms with Crippen LogP contribution >= 0.6 is 0 Å². The molecule has 0 aliphatic carbocycles. The molecule has 1 N–H and O–H groups in total. The number of fused-ring (bicyclic) bond motifs is 1. The molecule has 0 bridgehead atoms. The lowest BCUT2D eigenvalue weighted by Crippen LogP contribution is -2.31. The Labute approximate surface area is 153 Å². The predicted octanol–water partition coefficient (Wildman–Crippen LogP) is 3.95. The van der Waals surface area contributed by atoms with E-state index in [-0.39, 0.29) is 18.0 Å². The van der Waals surface area contributed by atoms with Crippen LogP contribution < -0.4 is 5.32 Å². The average Bonchev–Trinajstić information content (AvgIpc) is 3.18. The molecule has 136 valence electrons. The summed E-state index contributed by atoms with van der Waals surface area (Å²) in [7, 11) is 1.97. The summed E-state index contributed by atoms with van der Waals surface area (Å²) in [5.41, 5.74) is 4.46. The van der Waals surface area contributed by atoms with Gasteiger partial charge in [0.1, 0.15) is 11.9 Å². The van der Waals surface area contributed by atoms with Crippen LogP contribution in [0.4, 0.5) is 4.39 Å². The maximum Gasteiger partial charge on any atom is 0.131 e. The Morgan fingerprint density at radius 2 is 1.96 bits per heavy atom. The molecule has 2 atom stereocenters. The van der Waals surface area contributed by atoms with Gasteiger partial charge in [0.05, 0.1) is 5.69 Å². The average molecular weight is 353 g/mol. The van der Waals surface area contributed by atoms with Crippen LogP contribution in [0.3, 0.4) is 0 Å². The number of aromatic nitrogens is 2. The van der Waals surface area contributed by atoms with Crippen LogP contribution in [-0.2, 0) is 18.3 Å². The second kappa shape index (κ2) is 6.82. The standard InChI is InChI=1S/C21H24FN3O/c1-13-20(14(2)25(3)24-13)21-19(10-11-26-21)23-12-15-8-9-18(22)17-7-5-4-6-16(15)17/h4-9,19,21,23H,10-12H2,1-3H3/t19-,21-/m1/s1. The lowest BCUT2D eigenvalue weighted by Gasteiger charge is -2.21. The minimum Gasteiger partial charge on any atom is -0.372 e. The summed E-state index contributed by atoms with van der Waals surface area (Å²) in [5, 5.41) is 9.80. The fourth-order valence-electron chi connectivity index (χ4n) is 4.00. The van der Waals surface area contributed by atoms with E-state index in [1.165, 1.54) is 5.56 Å². The van der Waals surface area contributed by atoms with Crippen LogP contribution in [0.1, 0.15) is 35.0 Å². The zero-order valence-corrected chi connectivity index (χ0v) is 15.4. The SMILES string of the molecule is Cc1nn(C)c(C)c1[C@@H]1OCC[C@H]1NCc1ccc(F)c2ccccc12. The molecule has 1 saturated heterocycles. The molecule has 26 heavy (non-hydrogen) atoms. The highest BCUT2D eigenvalue weighted by Crippen LogP contribution is 2.33. The maximum absolute atomic E-state index is 14.0. The van der Waals surface area contributed by atoms with Crippen molar-refractivity contribution in [1.29, 1.82) is 0 Å². The molecule has 0 spiro atoms. The Hall–Kier alpha value is -2.24. The van der Waals surface area contributed by atoms with Gasteiger partial charge in [-0.05, 0) is 37.3 Å². The highest BCUT2D eigenvalue weighted by Gasteiger charge is 2.33. The van der Waals surface area contributed by atoms with E-state index in [1.54, 1.807) is 6.07 Å². The van der Waals surface area contributed by atoms with Gasteiger partial charge in [-0.3, -0.25) is 4.68 Å². The van der Waals surface area contributed by atoms with Crippen LogP contribution in [0.15, 0.2) is 36.4 Å². The molecule has 1 fully saturated rings. The summed E-state index contributed by atoms with van der Waals surface area (Å²) in [6, 6.07) is 11.3. The van der Waals surface area contributed by atoms with Crippen molar-refractivity contribution < 1.29 is 9.13 Å². The summed E-state index contributed by atoms with van der Waals surface area (Å²) in [4.78, 5) is 0. The molecule has 4 rings (SSSR count). The molecule has 2 aromatic carbocycles. The third kappa shape index (κ3) is 2.91. The molecule has 3 aromatic rings. The van der Waals surface area contributed by atoms with Gasteiger partial charge in [-0.15, -0.1) is 0 Å². The molecule has 0 unspecified atom stereocenters. The quantitative estimate of drug-likeness (QED) is 0.772. The molecule has 0 saturated carbocycles. The molecule has 1 aliphatic heterocycles. The number of ether oxygens (including phenoxy) is 1. The number of nitrogens with one attached hydrogen (secondary N) is 1. The van der Waals surface area contributed by atoms with Crippen molar-refractivity contribution in [3.63, 3.8) is 0 Å². The second-order valence-electron chi connectivity index (χ2n) is 7.03. The number of rotatable bonds is 4. The highest BCUT2D eigenvalue weighted by molar-refractivity contribution is 5.86. The van der Waals surface area contributed by atoms with Crippen LogP contribution in [0.25, 0.3) is 10.8 Å². The minimum atomic E-state index is -0.173. The molecule has 5 heteroatoms. The van der Waals surface area contributed by atoms with Gasteiger partial charge in [0.2, 0.25) is 0 Å². The van der Waals surface area contributed by atoms with Crippen molar-refractivity contribution in [3.05, 3.63) is 64.7 Å². The van der Waals surface area contributed by atoms with Gasteiger partial charge in [0, 0.05) is 42.9 Å². The number of hydrogen-bond donors (Lipinski definition) is 1. The van der Waals surface area contributed by atoms with Gasteiger partial charge in [-0.2, -0.15) is 5.10 Å². The van der Waals surface area contributed by atoms with Crippen LogP contribution in [0.5, 0.6) is 0 Å². The van der Waals surface area contributed by atoms with Gasteiger partial charge in [-0.25, -0.2) is 4.39 Å². The first-order chi connectivity index (χ1) is 12.6. The summed E-state index contributed by atoms with van der Waals surface area (Å²) in [6.07, 6.45) is 0.966. The normalized spacial score (nSPS) is 20.2. The topological polar surface area (TPSA) is 39.1 Å². The molecule has 0 amide bonds. The lowest BCUT2D eigenvalue weighted by atomic mass is 9.99. The summed E-state index contributed by atoms with van der Waals surface area (Å²) in [6.45, 7) is 5.54. The van der Waals surface area contributed by atoms with Crippen molar-refractivity contribution in [2.75, 3.05) is 6.61 Å². The van der Waals surface area contributed by atoms with Gasteiger partial charge < -0.3 is 10.1 Å². The van der Waals surface area contributed by atoms with Gasteiger partial charge in [-0.1, -0.05) is 30.3 Å². The second-order valence-corrected chi connectivity index (χ2v) is 7.03. The van der Waals surface area contributed by atoms with E-state index in [1.807, 2.05) is 49.0 Å². The van der Waals surface area contributed by atoms with Crippen molar-refractivity contribution >= 4 is 10.8 Å². The Bertz CT molecular complexity index is 950. The molecule has 0 radical (unpaired) electrons. The monoisotopic (exact) mass is 353 g/mol. The third-order valence-electron chi connectivity index (χ3n) is 5.46. The van der Waals surface area contributed by atoms with Crippen LogP contribution in [0, 0.1) is 19.7 Å². The molecule has 2 heterocycles. The maximum atomic E-state index is 14.0. The van der Waals surface area contributed by atoms with Crippen molar-refractivity contribution in [3.8, 4) is 0 Å². The fraction of sp³-hybridized carbons (Fsp3) is 0.381. The molecule has 4 nitrogen and oxygen atoms in total. The minimum absolute atomic E-state index is 0.00964. The molecular weight excluding hydrogens is 329 g/mol. The predicted molar refractivity (Wildman–Crippen MR) is 101 cm³/mol. The van der Waals surface area contributed by atoms with Gasteiger partial charge in [0.25, 0.3) is 0 Å². The number of halogens is 1. The van der Waals surface area contributed by atoms with E-state index in [0.717, 1.165) is 35.4 Å². The number of aryl methyl sites for hydroxylation is 2. The molecular formula is C21H24FN3O. The van der Waals surface area contributed by atoms with Crippen molar-refractivity contribution in [2.45, 2.75) is 39.0 Å². The first-order valence-electron chi connectivity index (χ1n) is 9.07. The Morgan fingerprint density at radius 1 is 1.19 bits per heavy atom. The van der Waals surface area contributed by atoms with Crippen molar-refractivity contribution in [1.82, 2.24) is 15.1 Å². The van der Waals surface area contributed by atoms with E-state index < -0.39 is 0 Å². The van der Waals surface area contributed by atoms with E-state index in [4.69, 9.17) is 4.74 Å². The Morgan fingerprint density at radius 3 is 2.69 bits per heavy atom. The van der Waals surface area contributed by atoms with Gasteiger partial charge >= 0.3 is 0 Å². The third-order valence-corrected chi connectivity index (χ3v) is 5.46. The summed E-state index contributed by atoms with van der Waals surface area (Å²) >= 11 is 0. The number of hydrogen-bond acceptors (Lipinski definition) is 3. The lowest BCUT2D eigenvalue weighted by molar-refractivity contribution is 0.0974.